The predicted molar refractivity (Wildman–Crippen MR) is 52.2 cm³/mol. The van der Waals surface area contributed by atoms with Crippen molar-refractivity contribution < 1.29 is 18.3 Å². The van der Waals surface area contributed by atoms with Gasteiger partial charge in [-0.1, -0.05) is 42.5 Å². The minimum Gasteiger partial charge on any atom is -0.383 e. The molecule has 15 heavy (non-hydrogen) atoms. The van der Waals surface area contributed by atoms with Crippen LogP contribution in [0.25, 0.3) is 6.08 Å². The number of aliphatic hydroxyl groups is 1. The van der Waals surface area contributed by atoms with E-state index in [0.29, 0.717) is 0 Å². The molecule has 0 fully saturated rings. The summed E-state index contributed by atoms with van der Waals surface area (Å²) in [6.45, 7) is 0. The van der Waals surface area contributed by atoms with E-state index in [0.717, 1.165) is 5.56 Å². The first-order chi connectivity index (χ1) is 7.00. The molecule has 0 aliphatic rings. The lowest BCUT2D eigenvalue weighted by molar-refractivity contribution is -0.202. The Hall–Kier alpha value is -1.29. The first kappa shape index (κ1) is 11.8. The number of alkyl halides is 3. The third-order valence-corrected chi connectivity index (χ3v) is 1.85. The molecule has 0 spiro atoms. The molecule has 0 heterocycles. The average Bonchev–Trinajstić information content (AvgIpc) is 2.18. The molecule has 1 nitrogen and oxygen atoms in total. The van der Waals surface area contributed by atoms with Gasteiger partial charge < -0.3 is 5.11 Å². The Morgan fingerprint density at radius 3 is 2.33 bits per heavy atom. The molecule has 0 radical (unpaired) electrons. The lowest BCUT2D eigenvalue weighted by Crippen LogP contribution is -2.27. The molecule has 0 saturated carbocycles. The lowest BCUT2D eigenvalue weighted by Gasteiger charge is -2.11. The highest BCUT2D eigenvalue weighted by Gasteiger charge is 2.36. The van der Waals surface area contributed by atoms with Crippen molar-refractivity contribution in [1.82, 2.24) is 0 Å². The Bertz CT molecular complexity index is 316. The van der Waals surface area contributed by atoms with Crippen LogP contribution in [0.1, 0.15) is 12.0 Å². The standard InChI is InChI=1S/C11H11F3O/c12-11(13,14)10(15)8-4-7-9-5-2-1-3-6-9/h1-7,10,15H,8H2/b7-4+. The van der Waals surface area contributed by atoms with Crippen LogP contribution in [0.3, 0.4) is 0 Å². The van der Waals surface area contributed by atoms with Gasteiger partial charge in [0, 0.05) is 6.42 Å². The molecule has 1 N–H and O–H groups in total. The van der Waals surface area contributed by atoms with Crippen LogP contribution in [-0.2, 0) is 0 Å². The SMILES string of the molecule is OC(C/C=C/c1ccccc1)C(F)(F)F. The van der Waals surface area contributed by atoms with Crippen molar-refractivity contribution in [3.8, 4) is 0 Å². The van der Waals surface area contributed by atoms with E-state index in [4.69, 9.17) is 5.11 Å². The molecule has 0 bridgehead atoms. The van der Waals surface area contributed by atoms with Crippen molar-refractivity contribution in [3.63, 3.8) is 0 Å². The van der Waals surface area contributed by atoms with Gasteiger partial charge in [0.05, 0.1) is 0 Å². The fraction of sp³-hybridized carbons (Fsp3) is 0.273. The molecule has 1 rings (SSSR count). The number of aliphatic hydroxyl groups excluding tert-OH is 1. The number of benzene rings is 1. The van der Waals surface area contributed by atoms with E-state index < -0.39 is 18.7 Å². The summed E-state index contributed by atoms with van der Waals surface area (Å²) in [5, 5.41) is 8.69. The van der Waals surface area contributed by atoms with Gasteiger partial charge in [0.2, 0.25) is 0 Å². The molecule has 0 aromatic heterocycles. The van der Waals surface area contributed by atoms with Crippen LogP contribution in [0, 0.1) is 0 Å². The summed E-state index contributed by atoms with van der Waals surface area (Å²) in [5.41, 5.74) is 0.812. The van der Waals surface area contributed by atoms with E-state index in [1.165, 1.54) is 6.08 Å². The summed E-state index contributed by atoms with van der Waals surface area (Å²) >= 11 is 0. The normalized spacial score (nSPS) is 14.4. The second-order valence-electron chi connectivity index (χ2n) is 3.11. The fourth-order valence-electron chi connectivity index (χ4n) is 1.03. The smallest absolute Gasteiger partial charge is 0.383 e. The number of halogens is 3. The zero-order valence-electron chi connectivity index (χ0n) is 7.91. The second-order valence-corrected chi connectivity index (χ2v) is 3.11. The van der Waals surface area contributed by atoms with Crippen LogP contribution in [0.5, 0.6) is 0 Å². The molecule has 82 valence electrons. The van der Waals surface area contributed by atoms with Gasteiger partial charge in [-0.3, -0.25) is 0 Å². The largest absolute Gasteiger partial charge is 0.414 e. The molecule has 1 aromatic rings. The quantitative estimate of drug-likeness (QED) is 0.823. The molecule has 0 aliphatic carbocycles. The molecule has 0 amide bonds. The highest BCUT2D eigenvalue weighted by molar-refractivity contribution is 5.48. The van der Waals surface area contributed by atoms with Gasteiger partial charge in [-0.05, 0) is 5.56 Å². The summed E-state index contributed by atoms with van der Waals surface area (Å²) in [5.74, 6) is 0. The molecule has 0 aliphatic heterocycles. The van der Waals surface area contributed by atoms with E-state index in [1.54, 1.807) is 30.3 Å². The molecular formula is C11H11F3O. The van der Waals surface area contributed by atoms with E-state index in [9.17, 15) is 13.2 Å². The van der Waals surface area contributed by atoms with Gasteiger partial charge in [0.15, 0.2) is 6.10 Å². The Morgan fingerprint density at radius 1 is 1.20 bits per heavy atom. The molecule has 0 saturated heterocycles. The monoisotopic (exact) mass is 216 g/mol. The maximum Gasteiger partial charge on any atom is 0.414 e. The maximum atomic E-state index is 11.9. The van der Waals surface area contributed by atoms with Gasteiger partial charge in [0.1, 0.15) is 0 Å². The summed E-state index contributed by atoms with van der Waals surface area (Å²) in [7, 11) is 0. The molecule has 1 aromatic carbocycles. The van der Waals surface area contributed by atoms with Crippen molar-refractivity contribution in [3.05, 3.63) is 42.0 Å². The Labute approximate surface area is 85.9 Å². The van der Waals surface area contributed by atoms with Crippen molar-refractivity contribution in [2.24, 2.45) is 0 Å². The highest BCUT2D eigenvalue weighted by atomic mass is 19.4. The molecule has 1 unspecified atom stereocenters. The van der Waals surface area contributed by atoms with Crippen LogP contribution < -0.4 is 0 Å². The molecule has 4 heteroatoms. The van der Waals surface area contributed by atoms with Gasteiger partial charge >= 0.3 is 6.18 Å². The Kier molecular flexibility index (Phi) is 3.91. The van der Waals surface area contributed by atoms with E-state index in [-0.39, 0.29) is 0 Å². The van der Waals surface area contributed by atoms with Crippen LogP contribution in [0.4, 0.5) is 13.2 Å². The van der Waals surface area contributed by atoms with Gasteiger partial charge in [-0.2, -0.15) is 13.2 Å². The van der Waals surface area contributed by atoms with E-state index in [2.05, 4.69) is 0 Å². The van der Waals surface area contributed by atoms with Crippen LogP contribution >= 0.6 is 0 Å². The maximum absolute atomic E-state index is 11.9. The summed E-state index contributed by atoms with van der Waals surface area (Å²) in [6, 6.07) is 8.95. The summed E-state index contributed by atoms with van der Waals surface area (Å²) in [4.78, 5) is 0. The predicted octanol–water partition coefficient (Wildman–Crippen LogP) is 3.01. The van der Waals surface area contributed by atoms with Crippen LogP contribution in [0.15, 0.2) is 36.4 Å². The van der Waals surface area contributed by atoms with Crippen LogP contribution in [0.2, 0.25) is 0 Å². The van der Waals surface area contributed by atoms with Crippen molar-refractivity contribution in [2.45, 2.75) is 18.7 Å². The first-order valence-electron chi connectivity index (χ1n) is 4.46. The molecule has 1 atom stereocenters. The first-order valence-corrected chi connectivity index (χ1v) is 4.46. The zero-order chi connectivity index (χ0) is 11.3. The average molecular weight is 216 g/mol. The third kappa shape index (κ3) is 4.16. The topological polar surface area (TPSA) is 20.2 Å². The summed E-state index contributed by atoms with van der Waals surface area (Å²) < 4.78 is 35.7. The van der Waals surface area contributed by atoms with Gasteiger partial charge in [-0.25, -0.2) is 0 Å². The highest BCUT2D eigenvalue weighted by Crippen LogP contribution is 2.22. The van der Waals surface area contributed by atoms with Gasteiger partial charge in [0.25, 0.3) is 0 Å². The van der Waals surface area contributed by atoms with Gasteiger partial charge in [-0.15, -0.1) is 0 Å². The van der Waals surface area contributed by atoms with Crippen molar-refractivity contribution in [2.75, 3.05) is 0 Å². The van der Waals surface area contributed by atoms with Crippen LogP contribution in [-0.4, -0.2) is 17.4 Å². The zero-order valence-corrected chi connectivity index (χ0v) is 7.91. The van der Waals surface area contributed by atoms with Crippen molar-refractivity contribution in [1.29, 1.82) is 0 Å². The minimum atomic E-state index is -4.54. The number of hydrogen-bond donors (Lipinski definition) is 1. The minimum absolute atomic E-state index is 0.418. The summed E-state index contributed by atoms with van der Waals surface area (Å²) in [6.07, 6.45) is -4.38. The second kappa shape index (κ2) is 4.98. The molecular weight excluding hydrogens is 205 g/mol. The van der Waals surface area contributed by atoms with E-state index >= 15 is 0 Å². The third-order valence-electron chi connectivity index (χ3n) is 1.85. The van der Waals surface area contributed by atoms with Crippen molar-refractivity contribution >= 4 is 6.08 Å². The fourth-order valence-corrected chi connectivity index (χ4v) is 1.03. The van der Waals surface area contributed by atoms with E-state index in [1.807, 2.05) is 6.07 Å². The Balaban J connectivity index is 2.48. The lowest BCUT2D eigenvalue weighted by atomic mass is 10.1. The number of rotatable bonds is 3. The number of hydrogen-bond acceptors (Lipinski definition) is 1. The Morgan fingerprint density at radius 2 is 1.80 bits per heavy atom.